The van der Waals surface area contributed by atoms with Crippen molar-refractivity contribution in [3.63, 3.8) is 0 Å². The zero-order valence-electron chi connectivity index (χ0n) is 14.2. The Morgan fingerprint density at radius 1 is 1.16 bits per heavy atom. The lowest BCUT2D eigenvalue weighted by atomic mass is 9.99. The molecule has 25 heavy (non-hydrogen) atoms. The van der Waals surface area contributed by atoms with Crippen LogP contribution in [-0.4, -0.2) is 18.4 Å². The Bertz CT molecular complexity index is 787. The van der Waals surface area contributed by atoms with Gasteiger partial charge in [0.15, 0.2) is 0 Å². The Labute approximate surface area is 146 Å². The lowest BCUT2D eigenvalue weighted by molar-refractivity contribution is -0.118. The maximum Gasteiger partial charge on any atom is 0.255 e. The van der Waals surface area contributed by atoms with E-state index in [0.717, 1.165) is 30.5 Å². The summed E-state index contributed by atoms with van der Waals surface area (Å²) in [5, 5.41) is 2.90. The van der Waals surface area contributed by atoms with Gasteiger partial charge in [-0.25, -0.2) is 4.39 Å². The predicted molar refractivity (Wildman–Crippen MR) is 96.4 cm³/mol. The average Bonchev–Trinajstić information content (AvgIpc) is 2.62. The van der Waals surface area contributed by atoms with Crippen LogP contribution in [0.4, 0.5) is 15.8 Å². The number of nitrogens with zero attached hydrogens (tertiary/aromatic N) is 1. The highest BCUT2D eigenvalue weighted by Gasteiger charge is 2.24. The first-order valence-electron chi connectivity index (χ1n) is 8.59. The Hall–Kier alpha value is -2.69. The Morgan fingerprint density at radius 3 is 2.64 bits per heavy atom. The smallest absolute Gasteiger partial charge is 0.255 e. The molecular formula is C20H21FN2O2. The van der Waals surface area contributed by atoms with E-state index in [1.165, 1.54) is 24.3 Å². The first-order chi connectivity index (χ1) is 12.1. The van der Waals surface area contributed by atoms with Crippen molar-refractivity contribution in [3.8, 4) is 0 Å². The molecule has 130 valence electrons. The molecule has 0 saturated carbocycles. The van der Waals surface area contributed by atoms with Gasteiger partial charge in [0.2, 0.25) is 5.91 Å². The normalized spacial score (nSPS) is 13.3. The fourth-order valence-electron chi connectivity index (χ4n) is 3.15. The van der Waals surface area contributed by atoms with E-state index >= 15 is 0 Å². The van der Waals surface area contributed by atoms with E-state index < -0.39 is 0 Å². The van der Waals surface area contributed by atoms with Gasteiger partial charge in [0.1, 0.15) is 5.82 Å². The summed E-state index contributed by atoms with van der Waals surface area (Å²) in [5.41, 5.74) is 2.96. The number of rotatable bonds is 4. The van der Waals surface area contributed by atoms with Gasteiger partial charge in [0.05, 0.1) is 0 Å². The molecule has 0 atom stereocenters. The lowest BCUT2D eigenvalue weighted by Crippen LogP contribution is -2.35. The van der Waals surface area contributed by atoms with E-state index in [2.05, 4.69) is 5.32 Å². The SMILES string of the molecule is CCCC(=O)N1CCCc2c(NC(=O)c3ccc(F)cc3)cccc21. The molecule has 1 N–H and O–H groups in total. The molecule has 0 unspecified atom stereocenters. The Kier molecular flexibility index (Phi) is 5.12. The van der Waals surface area contributed by atoms with E-state index in [1.807, 2.05) is 30.0 Å². The topological polar surface area (TPSA) is 49.4 Å². The summed E-state index contributed by atoms with van der Waals surface area (Å²) in [6.45, 7) is 2.70. The van der Waals surface area contributed by atoms with Gasteiger partial charge in [-0.2, -0.15) is 0 Å². The van der Waals surface area contributed by atoms with Crippen LogP contribution >= 0.6 is 0 Å². The molecule has 5 heteroatoms. The van der Waals surface area contributed by atoms with Gasteiger partial charge in [-0.3, -0.25) is 9.59 Å². The molecule has 0 bridgehead atoms. The second-order valence-electron chi connectivity index (χ2n) is 6.16. The first-order valence-corrected chi connectivity index (χ1v) is 8.59. The summed E-state index contributed by atoms with van der Waals surface area (Å²) in [6.07, 6.45) is 3.01. The summed E-state index contributed by atoms with van der Waals surface area (Å²) < 4.78 is 13.0. The van der Waals surface area contributed by atoms with Crippen molar-refractivity contribution < 1.29 is 14.0 Å². The molecule has 1 aliphatic rings. The molecule has 1 heterocycles. The molecule has 0 saturated heterocycles. The van der Waals surface area contributed by atoms with Gasteiger partial charge < -0.3 is 10.2 Å². The third-order valence-electron chi connectivity index (χ3n) is 4.37. The number of carbonyl (C=O) groups excluding carboxylic acids is 2. The lowest BCUT2D eigenvalue weighted by Gasteiger charge is -2.31. The monoisotopic (exact) mass is 340 g/mol. The van der Waals surface area contributed by atoms with Crippen LogP contribution in [0.5, 0.6) is 0 Å². The van der Waals surface area contributed by atoms with Gasteiger partial charge in [-0.05, 0) is 61.2 Å². The molecule has 0 radical (unpaired) electrons. The molecule has 2 aromatic carbocycles. The van der Waals surface area contributed by atoms with Crippen molar-refractivity contribution in [2.75, 3.05) is 16.8 Å². The van der Waals surface area contributed by atoms with Crippen molar-refractivity contribution in [2.24, 2.45) is 0 Å². The van der Waals surface area contributed by atoms with Gasteiger partial charge in [0, 0.05) is 29.9 Å². The summed E-state index contributed by atoms with van der Waals surface area (Å²) in [7, 11) is 0. The largest absolute Gasteiger partial charge is 0.322 e. The quantitative estimate of drug-likeness (QED) is 0.909. The molecule has 4 nitrogen and oxygen atoms in total. The fourth-order valence-corrected chi connectivity index (χ4v) is 3.15. The van der Waals surface area contributed by atoms with E-state index in [9.17, 15) is 14.0 Å². The van der Waals surface area contributed by atoms with Gasteiger partial charge >= 0.3 is 0 Å². The van der Waals surface area contributed by atoms with E-state index in [1.54, 1.807) is 0 Å². The minimum absolute atomic E-state index is 0.116. The third-order valence-corrected chi connectivity index (χ3v) is 4.37. The van der Waals surface area contributed by atoms with Crippen LogP contribution in [0.25, 0.3) is 0 Å². The minimum Gasteiger partial charge on any atom is -0.322 e. The summed E-state index contributed by atoms with van der Waals surface area (Å²) in [5.74, 6) is -0.547. The summed E-state index contributed by atoms with van der Waals surface area (Å²) >= 11 is 0. The second-order valence-corrected chi connectivity index (χ2v) is 6.16. The van der Waals surface area contributed by atoms with Gasteiger partial charge in [-0.1, -0.05) is 13.0 Å². The minimum atomic E-state index is -0.376. The molecule has 3 rings (SSSR count). The number of halogens is 1. The number of fused-ring (bicyclic) bond motifs is 1. The summed E-state index contributed by atoms with van der Waals surface area (Å²) in [6, 6.07) is 11.1. The first kappa shape index (κ1) is 17.1. The van der Waals surface area contributed by atoms with Crippen LogP contribution in [0, 0.1) is 5.82 Å². The maximum absolute atomic E-state index is 13.0. The maximum atomic E-state index is 13.0. The highest BCUT2D eigenvalue weighted by molar-refractivity contribution is 6.05. The van der Waals surface area contributed by atoms with Crippen LogP contribution in [-0.2, 0) is 11.2 Å². The Morgan fingerprint density at radius 2 is 1.92 bits per heavy atom. The molecule has 2 aromatic rings. The molecule has 0 spiro atoms. The Balaban J connectivity index is 1.86. The zero-order chi connectivity index (χ0) is 17.8. The fraction of sp³-hybridized carbons (Fsp3) is 0.300. The average molecular weight is 340 g/mol. The van der Waals surface area contributed by atoms with Crippen molar-refractivity contribution in [1.82, 2.24) is 0 Å². The molecule has 0 aliphatic carbocycles. The predicted octanol–water partition coefficient (Wildman–Crippen LogP) is 4.16. The van der Waals surface area contributed by atoms with Gasteiger partial charge in [-0.15, -0.1) is 0 Å². The van der Waals surface area contributed by atoms with Crippen LogP contribution < -0.4 is 10.2 Å². The number of hydrogen-bond donors (Lipinski definition) is 1. The van der Waals surface area contributed by atoms with Gasteiger partial charge in [0.25, 0.3) is 5.91 Å². The number of anilines is 2. The van der Waals surface area contributed by atoms with E-state index in [0.29, 0.717) is 24.2 Å². The van der Waals surface area contributed by atoms with Crippen molar-refractivity contribution in [1.29, 1.82) is 0 Å². The van der Waals surface area contributed by atoms with Crippen LogP contribution in [0.15, 0.2) is 42.5 Å². The van der Waals surface area contributed by atoms with Crippen molar-refractivity contribution in [2.45, 2.75) is 32.6 Å². The highest BCUT2D eigenvalue weighted by atomic mass is 19.1. The number of carbonyl (C=O) groups is 2. The molecular weight excluding hydrogens is 319 g/mol. The standard InChI is InChI=1S/C20H21FN2O2/c1-2-5-19(24)23-13-4-6-16-17(7-3-8-18(16)23)22-20(25)14-9-11-15(21)12-10-14/h3,7-12H,2,4-6,13H2,1H3,(H,22,25). The molecule has 1 aliphatic heterocycles. The number of nitrogens with one attached hydrogen (secondary N) is 1. The van der Waals surface area contributed by atoms with E-state index in [-0.39, 0.29) is 17.6 Å². The second kappa shape index (κ2) is 7.47. The number of amides is 2. The molecule has 0 fully saturated rings. The van der Waals surface area contributed by atoms with E-state index in [4.69, 9.17) is 0 Å². The molecule has 2 amide bonds. The third kappa shape index (κ3) is 3.71. The number of hydrogen-bond acceptors (Lipinski definition) is 2. The summed E-state index contributed by atoms with van der Waals surface area (Å²) in [4.78, 5) is 26.6. The van der Waals surface area contributed by atoms with Crippen molar-refractivity contribution in [3.05, 3.63) is 59.4 Å². The van der Waals surface area contributed by atoms with Crippen molar-refractivity contribution >= 4 is 23.2 Å². The van der Waals surface area contributed by atoms with Crippen LogP contribution in [0.2, 0.25) is 0 Å². The number of benzene rings is 2. The molecule has 0 aromatic heterocycles. The van der Waals surface area contributed by atoms with Crippen LogP contribution in [0.3, 0.4) is 0 Å². The van der Waals surface area contributed by atoms with Crippen LogP contribution in [0.1, 0.15) is 42.1 Å². The zero-order valence-corrected chi connectivity index (χ0v) is 14.2. The highest BCUT2D eigenvalue weighted by Crippen LogP contribution is 2.33.